The molecule has 3 aliphatic rings. The lowest BCUT2D eigenvalue weighted by Gasteiger charge is -2.35. The zero-order chi connectivity index (χ0) is 23.9. The molecule has 2 bridgehead atoms. The highest BCUT2D eigenvalue weighted by molar-refractivity contribution is 9.09. The van der Waals surface area contributed by atoms with Crippen LogP contribution < -0.4 is 10.6 Å². The molecule has 3 aliphatic heterocycles. The monoisotopic (exact) mass is 543 g/mol. The molecular formula is C25H26BrN3O4S. The van der Waals surface area contributed by atoms with Crippen molar-refractivity contribution in [2.45, 2.75) is 33.8 Å². The largest absolute Gasteiger partial charge is 0.395 e. The first-order valence-corrected chi connectivity index (χ1v) is 13.2. The van der Waals surface area contributed by atoms with Crippen molar-refractivity contribution in [3.8, 4) is 0 Å². The van der Waals surface area contributed by atoms with E-state index in [4.69, 9.17) is 0 Å². The molecule has 0 aliphatic carbocycles. The number of alkyl halides is 1. The fourth-order valence-electron chi connectivity index (χ4n) is 5.71. The Morgan fingerprint density at radius 1 is 1.09 bits per heavy atom. The first-order chi connectivity index (χ1) is 16.5. The summed E-state index contributed by atoms with van der Waals surface area (Å²) in [5.74, 6) is -1.85. The number of amides is 3. The number of aliphatic hydroxyl groups is 1. The van der Waals surface area contributed by atoms with E-state index in [1.54, 1.807) is 11.8 Å². The van der Waals surface area contributed by atoms with E-state index < -0.39 is 22.6 Å². The maximum Gasteiger partial charge on any atom is 0.244 e. The van der Waals surface area contributed by atoms with E-state index in [-0.39, 0.29) is 41.0 Å². The van der Waals surface area contributed by atoms with Crippen LogP contribution >= 0.6 is 27.7 Å². The molecule has 7 nitrogen and oxygen atoms in total. The average Bonchev–Trinajstić information content (AvgIpc) is 3.43. The minimum absolute atomic E-state index is 0.00609. The number of rotatable bonds is 7. The van der Waals surface area contributed by atoms with Crippen molar-refractivity contribution in [2.75, 3.05) is 18.5 Å². The summed E-state index contributed by atoms with van der Waals surface area (Å²) in [6.07, 6.45) is 0.610. The smallest absolute Gasteiger partial charge is 0.244 e. The number of carbonyl (C=O) groups is 3. The zero-order valence-electron chi connectivity index (χ0n) is 18.4. The van der Waals surface area contributed by atoms with Crippen molar-refractivity contribution < 1.29 is 19.5 Å². The van der Waals surface area contributed by atoms with Gasteiger partial charge in [0.2, 0.25) is 17.7 Å². The van der Waals surface area contributed by atoms with Gasteiger partial charge in [-0.25, -0.2) is 0 Å². The minimum atomic E-state index is -0.745. The van der Waals surface area contributed by atoms with Gasteiger partial charge in [-0.1, -0.05) is 64.5 Å². The molecule has 3 fully saturated rings. The van der Waals surface area contributed by atoms with Crippen molar-refractivity contribution in [3.05, 3.63) is 66.2 Å². The number of aliphatic hydroxyl groups excluding tert-OH is 1. The van der Waals surface area contributed by atoms with E-state index in [1.165, 1.54) is 4.90 Å². The lowest BCUT2D eigenvalue weighted by Crippen LogP contribution is -2.54. The summed E-state index contributed by atoms with van der Waals surface area (Å²) >= 11 is 5.32. The molecule has 34 heavy (non-hydrogen) atoms. The second-order valence-corrected chi connectivity index (χ2v) is 11.7. The molecule has 1 spiro atoms. The highest BCUT2D eigenvalue weighted by Gasteiger charge is 2.75. The molecule has 3 heterocycles. The Hall–Kier alpha value is -2.36. The maximum atomic E-state index is 13.7. The summed E-state index contributed by atoms with van der Waals surface area (Å²) in [6.45, 7) is 0.164. The van der Waals surface area contributed by atoms with Gasteiger partial charge in [-0.05, 0) is 24.1 Å². The van der Waals surface area contributed by atoms with E-state index in [0.717, 1.165) is 5.56 Å². The molecule has 3 N–H and O–H groups in total. The van der Waals surface area contributed by atoms with Crippen LogP contribution in [0.15, 0.2) is 60.7 Å². The number of likely N-dealkylation sites (tertiary alicyclic amines) is 1. The number of carbonyl (C=O) groups excluding carboxylic acids is 3. The number of halogens is 1. The maximum absolute atomic E-state index is 13.7. The lowest BCUT2D eigenvalue weighted by molar-refractivity contribution is -0.139. The molecule has 0 aromatic heterocycles. The summed E-state index contributed by atoms with van der Waals surface area (Å²) < 4.78 is -0.718. The number of anilines is 1. The van der Waals surface area contributed by atoms with Crippen molar-refractivity contribution in [3.63, 3.8) is 0 Å². The van der Waals surface area contributed by atoms with Crippen molar-refractivity contribution in [2.24, 2.45) is 11.8 Å². The topological polar surface area (TPSA) is 98.7 Å². The molecular weight excluding hydrogens is 518 g/mol. The Morgan fingerprint density at radius 3 is 2.44 bits per heavy atom. The SMILES string of the molecule is O=C(NCc1ccccc1)C1N(CCO)C(=O)[C@@H]2[C@@H](C(=O)Nc3ccccc3)[C@@H]3SC12CC3Br. The quantitative estimate of drug-likeness (QED) is 0.466. The van der Waals surface area contributed by atoms with Crippen LogP contribution in [0.3, 0.4) is 0 Å². The Balaban J connectivity index is 1.44. The summed E-state index contributed by atoms with van der Waals surface area (Å²) in [5, 5.41) is 15.5. The van der Waals surface area contributed by atoms with E-state index >= 15 is 0 Å². The van der Waals surface area contributed by atoms with Crippen molar-refractivity contribution in [1.82, 2.24) is 10.2 Å². The van der Waals surface area contributed by atoms with E-state index in [2.05, 4.69) is 26.6 Å². The highest BCUT2D eigenvalue weighted by atomic mass is 79.9. The number of hydrogen-bond acceptors (Lipinski definition) is 5. The first kappa shape index (κ1) is 23.4. The first-order valence-electron chi connectivity index (χ1n) is 11.4. The molecule has 9 heteroatoms. The van der Waals surface area contributed by atoms with Crippen LogP contribution in [0.25, 0.3) is 0 Å². The van der Waals surface area contributed by atoms with Gasteiger partial charge in [0.15, 0.2) is 0 Å². The zero-order valence-corrected chi connectivity index (χ0v) is 20.8. The van der Waals surface area contributed by atoms with Crippen LogP contribution in [0, 0.1) is 11.8 Å². The third-order valence-corrected chi connectivity index (χ3v) is 10.3. The predicted molar refractivity (Wildman–Crippen MR) is 134 cm³/mol. The second-order valence-electron chi connectivity index (χ2n) is 8.98. The van der Waals surface area contributed by atoms with Crippen molar-refractivity contribution >= 4 is 51.1 Å². The average molecular weight is 544 g/mol. The predicted octanol–water partition coefficient (Wildman–Crippen LogP) is 2.40. The van der Waals surface area contributed by atoms with Crippen LogP contribution in [0.4, 0.5) is 5.69 Å². The molecule has 3 unspecified atom stereocenters. The van der Waals surface area contributed by atoms with Gasteiger partial charge >= 0.3 is 0 Å². The fourth-order valence-corrected chi connectivity index (χ4v) is 9.32. The van der Waals surface area contributed by atoms with Gasteiger partial charge in [-0.3, -0.25) is 14.4 Å². The van der Waals surface area contributed by atoms with E-state index in [0.29, 0.717) is 18.7 Å². The number of benzene rings is 2. The number of nitrogens with one attached hydrogen (secondary N) is 2. The van der Waals surface area contributed by atoms with E-state index in [1.807, 2.05) is 60.7 Å². The van der Waals surface area contributed by atoms with Crippen LogP contribution in [-0.4, -0.2) is 61.7 Å². The summed E-state index contributed by atoms with van der Waals surface area (Å²) in [7, 11) is 0. The molecule has 178 valence electrons. The number of hydrogen-bond donors (Lipinski definition) is 3. The number of nitrogens with zero attached hydrogens (tertiary/aromatic N) is 1. The van der Waals surface area contributed by atoms with Crippen LogP contribution in [0.5, 0.6) is 0 Å². The fraction of sp³-hybridized carbons (Fsp3) is 0.400. The normalized spacial score (nSPS) is 31.4. The lowest BCUT2D eigenvalue weighted by atomic mass is 9.70. The van der Waals surface area contributed by atoms with Gasteiger partial charge in [0.05, 0.1) is 23.2 Å². The standard InChI is InChI=1S/C25H26BrN3O4S/c26-17-13-25-19(18(20(17)34-25)22(31)28-16-9-5-2-6-10-16)24(33)29(11-12-30)21(25)23(32)27-14-15-7-3-1-4-8-15/h1-10,17-21,30H,11-14H2,(H,27,32)(H,28,31)/t17?,18-,19+,20-,21?,25?/m1/s1. The third kappa shape index (κ3) is 3.83. The van der Waals surface area contributed by atoms with Crippen LogP contribution in [-0.2, 0) is 20.9 Å². The van der Waals surface area contributed by atoms with Gasteiger partial charge in [-0.2, -0.15) is 0 Å². The Morgan fingerprint density at radius 2 is 1.76 bits per heavy atom. The Bertz CT molecular complexity index is 1090. The summed E-state index contributed by atoms with van der Waals surface area (Å²) in [5.41, 5.74) is 1.64. The second kappa shape index (κ2) is 9.36. The Kier molecular flexibility index (Phi) is 6.43. The van der Waals surface area contributed by atoms with E-state index in [9.17, 15) is 19.5 Å². The van der Waals surface area contributed by atoms with Gasteiger partial charge < -0.3 is 20.6 Å². The number of fused-ring (bicyclic) bond motifs is 1. The molecule has 0 radical (unpaired) electrons. The molecule has 6 atom stereocenters. The summed E-state index contributed by atoms with van der Waals surface area (Å²) in [4.78, 5) is 42.1. The molecule has 3 amide bonds. The van der Waals surface area contributed by atoms with Gasteiger partial charge in [0.1, 0.15) is 6.04 Å². The summed E-state index contributed by atoms with van der Waals surface area (Å²) in [6, 6.07) is 18.0. The molecule has 3 saturated heterocycles. The van der Waals surface area contributed by atoms with Gasteiger partial charge in [0.25, 0.3) is 0 Å². The minimum Gasteiger partial charge on any atom is -0.395 e. The third-order valence-electron chi connectivity index (χ3n) is 7.03. The highest BCUT2D eigenvalue weighted by Crippen LogP contribution is 2.67. The van der Waals surface area contributed by atoms with Crippen LogP contribution in [0.1, 0.15) is 12.0 Å². The van der Waals surface area contributed by atoms with Gasteiger partial charge in [-0.15, -0.1) is 11.8 Å². The number of para-hydroxylation sites is 1. The number of β-amino-alcohol motifs (C(OH)–C–C–N with tert-alkyl or cyclic N) is 1. The van der Waals surface area contributed by atoms with Crippen molar-refractivity contribution in [1.29, 1.82) is 0 Å². The van der Waals surface area contributed by atoms with Gasteiger partial charge in [0, 0.05) is 28.9 Å². The molecule has 0 saturated carbocycles. The molecule has 2 aromatic rings. The van der Waals surface area contributed by atoms with Crippen LogP contribution in [0.2, 0.25) is 0 Å². The Labute approximate surface area is 210 Å². The molecule has 5 rings (SSSR count). The molecule has 2 aromatic carbocycles. The number of thioether (sulfide) groups is 1.